The summed E-state index contributed by atoms with van der Waals surface area (Å²) in [5.41, 5.74) is 2.10. The van der Waals surface area contributed by atoms with Gasteiger partial charge in [-0.1, -0.05) is 23.7 Å². The molecule has 1 atom stereocenters. The first-order valence-electron chi connectivity index (χ1n) is 12.1. The number of rotatable bonds is 4. The summed E-state index contributed by atoms with van der Waals surface area (Å²) < 4.78 is 28.0. The van der Waals surface area contributed by atoms with Gasteiger partial charge in [-0.25, -0.2) is 13.4 Å². The molecule has 36 heavy (non-hydrogen) atoms. The third kappa shape index (κ3) is 4.45. The lowest BCUT2D eigenvalue weighted by Crippen LogP contribution is -2.50. The van der Waals surface area contributed by atoms with Gasteiger partial charge in [-0.05, 0) is 54.4 Å². The largest absolute Gasteiger partial charge is 0.334 e. The Balaban J connectivity index is 1.12. The van der Waals surface area contributed by atoms with Gasteiger partial charge in [-0.3, -0.25) is 9.79 Å². The molecular weight excluding hydrogens is 518 g/mol. The average molecular weight is 544 g/mol. The number of aromatic nitrogens is 1. The summed E-state index contributed by atoms with van der Waals surface area (Å²) in [6.07, 6.45) is 2.96. The molecule has 1 aromatic heterocycles. The Labute approximate surface area is 219 Å². The summed E-state index contributed by atoms with van der Waals surface area (Å²) in [6, 6.07) is 10.8. The van der Waals surface area contributed by atoms with Crippen molar-refractivity contribution in [1.29, 1.82) is 0 Å². The number of nitrogens with one attached hydrogen (secondary N) is 1. The lowest BCUT2D eigenvalue weighted by Gasteiger charge is -2.33. The molecule has 1 unspecified atom stereocenters. The topological polar surface area (TPSA) is 95.0 Å². The molecule has 3 aromatic rings. The van der Waals surface area contributed by atoms with Crippen LogP contribution in [0.4, 0.5) is 0 Å². The lowest BCUT2D eigenvalue weighted by molar-refractivity contribution is 0.0697. The van der Waals surface area contributed by atoms with Gasteiger partial charge in [0.25, 0.3) is 5.91 Å². The highest BCUT2D eigenvalue weighted by atomic mass is 35.5. The van der Waals surface area contributed by atoms with Gasteiger partial charge in [0.05, 0.1) is 22.0 Å². The fourth-order valence-corrected chi connectivity index (χ4v) is 7.72. The van der Waals surface area contributed by atoms with Crippen molar-refractivity contribution < 1.29 is 13.2 Å². The van der Waals surface area contributed by atoms with Crippen molar-refractivity contribution >= 4 is 55.4 Å². The number of aliphatic imine (C=N–C) groups is 1. The van der Waals surface area contributed by atoms with Gasteiger partial charge >= 0.3 is 0 Å². The minimum absolute atomic E-state index is 0.130. The van der Waals surface area contributed by atoms with Crippen molar-refractivity contribution in [2.24, 2.45) is 4.99 Å². The zero-order valence-corrected chi connectivity index (χ0v) is 22.0. The summed E-state index contributed by atoms with van der Waals surface area (Å²) in [6.45, 7) is 2.77. The van der Waals surface area contributed by atoms with E-state index in [9.17, 15) is 13.2 Å². The fourth-order valence-electron chi connectivity index (χ4n) is 5.11. The number of hydrogen-bond donors (Lipinski definition) is 1. The first-order valence-corrected chi connectivity index (χ1v) is 14.8. The second-order valence-corrected chi connectivity index (χ2v) is 12.8. The number of carbonyl (C=O) groups is 1. The number of piperazine rings is 1. The fraction of sp³-hybridized carbons (Fsp3) is 0.400. The smallest absolute Gasteiger partial charge is 0.282 e. The monoisotopic (exact) mass is 543 g/mol. The maximum absolute atomic E-state index is 13.3. The molecule has 3 aliphatic rings. The normalized spacial score (nSPS) is 21.0. The van der Waals surface area contributed by atoms with E-state index in [1.54, 1.807) is 29.2 Å². The molecule has 0 spiro atoms. The number of halogens is 1. The molecule has 4 heterocycles. The van der Waals surface area contributed by atoms with E-state index in [1.165, 1.54) is 15.6 Å². The summed E-state index contributed by atoms with van der Waals surface area (Å²) in [4.78, 5) is 25.6. The molecular formula is C25H26ClN5O3S2. The van der Waals surface area contributed by atoms with E-state index in [0.717, 1.165) is 46.4 Å². The molecule has 3 aliphatic heterocycles. The van der Waals surface area contributed by atoms with Crippen LogP contribution in [-0.2, 0) is 23.0 Å². The molecule has 188 valence electrons. The van der Waals surface area contributed by atoms with Crippen molar-refractivity contribution in [2.75, 3.05) is 32.7 Å². The third-order valence-corrected chi connectivity index (χ3v) is 10.3. The van der Waals surface area contributed by atoms with Gasteiger partial charge in [0, 0.05) is 49.4 Å². The van der Waals surface area contributed by atoms with Gasteiger partial charge in [-0.2, -0.15) is 4.31 Å². The minimum Gasteiger partial charge on any atom is -0.334 e. The number of sulfonamides is 1. The SMILES string of the molecule is O=C(c1nc2c(s1)CN=C(C1CCCN1)C2)N1CCN(S(=O)(=O)c2ccc3cc(Cl)ccc3c2)CC1. The highest BCUT2D eigenvalue weighted by Gasteiger charge is 2.33. The Bertz CT molecular complexity index is 1470. The first-order chi connectivity index (χ1) is 17.4. The van der Waals surface area contributed by atoms with Crippen LogP contribution in [0.25, 0.3) is 10.8 Å². The second kappa shape index (κ2) is 9.50. The van der Waals surface area contributed by atoms with Crippen LogP contribution in [0.1, 0.15) is 33.2 Å². The van der Waals surface area contributed by atoms with Crippen molar-refractivity contribution in [1.82, 2.24) is 19.5 Å². The second-order valence-electron chi connectivity index (χ2n) is 9.37. The summed E-state index contributed by atoms with van der Waals surface area (Å²) in [5, 5.41) is 6.28. The zero-order chi connectivity index (χ0) is 24.9. The van der Waals surface area contributed by atoms with Crippen LogP contribution in [0.2, 0.25) is 5.02 Å². The molecule has 0 aliphatic carbocycles. The molecule has 0 saturated carbocycles. The van der Waals surface area contributed by atoms with Crippen LogP contribution in [0, 0.1) is 0 Å². The number of fused-ring (bicyclic) bond motifs is 2. The molecule has 8 nitrogen and oxygen atoms in total. The van der Waals surface area contributed by atoms with Gasteiger partial charge < -0.3 is 10.2 Å². The molecule has 0 radical (unpaired) electrons. The lowest BCUT2D eigenvalue weighted by atomic mass is 10.0. The molecule has 6 rings (SSSR count). The van der Waals surface area contributed by atoms with E-state index in [4.69, 9.17) is 16.6 Å². The Kier molecular flexibility index (Phi) is 6.33. The van der Waals surface area contributed by atoms with Crippen LogP contribution in [0.5, 0.6) is 0 Å². The molecule has 0 bridgehead atoms. The summed E-state index contributed by atoms with van der Waals surface area (Å²) in [7, 11) is -3.67. The Morgan fingerprint density at radius 3 is 2.64 bits per heavy atom. The van der Waals surface area contributed by atoms with Gasteiger partial charge in [0.2, 0.25) is 10.0 Å². The molecule has 2 fully saturated rings. The predicted molar refractivity (Wildman–Crippen MR) is 142 cm³/mol. The quantitative estimate of drug-likeness (QED) is 0.544. The highest BCUT2D eigenvalue weighted by Crippen LogP contribution is 2.28. The van der Waals surface area contributed by atoms with Crippen molar-refractivity contribution in [3.63, 3.8) is 0 Å². The summed E-state index contributed by atoms with van der Waals surface area (Å²) in [5.74, 6) is -0.130. The number of carbonyl (C=O) groups excluding carboxylic acids is 1. The van der Waals surface area contributed by atoms with Gasteiger partial charge in [0.15, 0.2) is 5.01 Å². The van der Waals surface area contributed by atoms with Crippen LogP contribution < -0.4 is 5.32 Å². The Hall–Kier alpha value is -2.37. The maximum Gasteiger partial charge on any atom is 0.282 e. The van der Waals surface area contributed by atoms with Crippen molar-refractivity contribution in [3.05, 3.63) is 57.0 Å². The number of amides is 1. The Morgan fingerprint density at radius 1 is 1.08 bits per heavy atom. The van der Waals surface area contributed by atoms with Crippen LogP contribution in [0.3, 0.4) is 0 Å². The number of nitrogens with zero attached hydrogens (tertiary/aromatic N) is 4. The number of benzene rings is 2. The van der Waals surface area contributed by atoms with Gasteiger partial charge in [0.1, 0.15) is 0 Å². The standard InChI is InChI=1S/C25H26ClN5O3S2/c26-18-5-3-17-13-19(6-4-16(17)12-18)36(33,34)31-10-8-30(9-11-31)25(32)24-29-22-14-21(20-2-1-7-27-20)28-15-23(22)35-24/h3-6,12-13,20,27H,1-2,7-11,14-15H2. The summed E-state index contributed by atoms with van der Waals surface area (Å²) >= 11 is 7.46. The number of thiazole rings is 1. The van der Waals surface area contributed by atoms with E-state index >= 15 is 0 Å². The average Bonchev–Trinajstić information content (AvgIpc) is 3.58. The van der Waals surface area contributed by atoms with Gasteiger partial charge in [-0.15, -0.1) is 11.3 Å². The van der Waals surface area contributed by atoms with Crippen molar-refractivity contribution in [2.45, 2.75) is 36.7 Å². The molecule has 2 saturated heterocycles. The first kappa shape index (κ1) is 24.0. The van der Waals surface area contributed by atoms with Crippen LogP contribution in [0.15, 0.2) is 46.3 Å². The molecule has 1 amide bonds. The number of hydrogen-bond acceptors (Lipinski definition) is 7. The molecule has 1 N–H and O–H groups in total. The van der Waals surface area contributed by atoms with E-state index in [-0.39, 0.29) is 23.9 Å². The molecule has 2 aromatic carbocycles. The van der Waals surface area contributed by atoms with Crippen molar-refractivity contribution in [3.8, 4) is 0 Å². The van der Waals surface area contributed by atoms with Crippen LogP contribution in [-0.4, -0.2) is 73.0 Å². The molecule has 11 heteroatoms. The predicted octanol–water partition coefficient (Wildman–Crippen LogP) is 3.35. The highest BCUT2D eigenvalue weighted by molar-refractivity contribution is 7.89. The van der Waals surface area contributed by atoms with E-state index in [0.29, 0.717) is 42.1 Å². The van der Waals surface area contributed by atoms with E-state index in [2.05, 4.69) is 10.3 Å². The Morgan fingerprint density at radius 2 is 1.86 bits per heavy atom. The van der Waals surface area contributed by atoms with Crippen LogP contribution >= 0.6 is 22.9 Å². The van der Waals surface area contributed by atoms with E-state index < -0.39 is 10.0 Å². The zero-order valence-electron chi connectivity index (χ0n) is 19.6. The maximum atomic E-state index is 13.3. The minimum atomic E-state index is -3.67. The third-order valence-electron chi connectivity index (χ3n) is 7.14. The van der Waals surface area contributed by atoms with E-state index in [1.807, 2.05) is 12.1 Å².